The number of nitrogens with two attached hydrogens (primary N) is 1. The molecule has 1 amide bonds. The zero-order valence-corrected chi connectivity index (χ0v) is 11.7. The van der Waals surface area contributed by atoms with Gasteiger partial charge in [0.15, 0.2) is 0 Å². The number of aliphatic carboxylic acids is 1. The van der Waals surface area contributed by atoms with Crippen molar-refractivity contribution in [3.05, 3.63) is 35.9 Å². The molecule has 0 bridgehead atoms. The Morgan fingerprint density at radius 1 is 1.29 bits per heavy atom. The van der Waals surface area contributed by atoms with E-state index in [-0.39, 0.29) is 6.42 Å². The molecule has 6 nitrogen and oxygen atoms in total. The van der Waals surface area contributed by atoms with Crippen LogP contribution in [0.15, 0.2) is 30.3 Å². The molecule has 0 unspecified atom stereocenters. The van der Waals surface area contributed by atoms with Gasteiger partial charge in [-0.15, -0.1) is 0 Å². The average Bonchev–Trinajstić information content (AvgIpc) is 2.48. The first-order valence-electron chi connectivity index (χ1n) is 6.95. The highest BCUT2D eigenvalue weighted by Gasteiger charge is 2.37. The predicted molar refractivity (Wildman–Crippen MR) is 76.7 cm³/mol. The lowest BCUT2D eigenvalue weighted by Gasteiger charge is -2.32. The quantitative estimate of drug-likeness (QED) is 0.725. The van der Waals surface area contributed by atoms with E-state index in [9.17, 15) is 14.7 Å². The largest absolute Gasteiger partial charge is 0.480 e. The van der Waals surface area contributed by atoms with Crippen molar-refractivity contribution in [3.8, 4) is 0 Å². The van der Waals surface area contributed by atoms with Gasteiger partial charge in [0.2, 0.25) is 5.91 Å². The molecule has 0 spiro atoms. The van der Waals surface area contributed by atoms with Crippen molar-refractivity contribution in [1.82, 2.24) is 5.32 Å². The van der Waals surface area contributed by atoms with Gasteiger partial charge in [-0.2, -0.15) is 0 Å². The Morgan fingerprint density at radius 2 is 1.90 bits per heavy atom. The number of nitrogens with one attached hydrogen (secondary N) is 1. The number of amides is 1. The van der Waals surface area contributed by atoms with Crippen LogP contribution in [0.25, 0.3) is 0 Å². The van der Waals surface area contributed by atoms with Crippen molar-refractivity contribution in [3.63, 3.8) is 0 Å². The van der Waals surface area contributed by atoms with Crippen molar-refractivity contribution in [2.75, 3.05) is 13.2 Å². The van der Waals surface area contributed by atoms with Crippen molar-refractivity contribution >= 4 is 11.9 Å². The number of carbonyl (C=O) groups is 2. The summed E-state index contributed by atoms with van der Waals surface area (Å²) in [6, 6.07) is 8.19. The number of carboxylic acids is 1. The fourth-order valence-electron chi connectivity index (χ4n) is 2.31. The predicted octanol–water partition coefficient (Wildman–Crippen LogP) is 0.306. The van der Waals surface area contributed by atoms with Gasteiger partial charge in [-0.25, -0.2) is 4.79 Å². The zero-order chi connectivity index (χ0) is 15.3. The highest BCUT2D eigenvalue weighted by Crippen LogP contribution is 2.18. The minimum absolute atomic E-state index is 0.231. The van der Waals surface area contributed by atoms with Crippen molar-refractivity contribution in [2.24, 2.45) is 5.73 Å². The molecule has 1 aliphatic heterocycles. The first-order chi connectivity index (χ1) is 10.0. The van der Waals surface area contributed by atoms with Crippen molar-refractivity contribution < 1.29 is 19.4 Å². The third-order valence-electron chi connectivity index (χ3n) is 3.72. The summed E-state index contributed by atoms with van der Waals surface area (Å²) < 4.78 is 5.19. The van der Waals surface area contributed by atoms with Gasteiger partial charge < -0.3 is 20.9 Å². The number of carbonyl (C=O) groups excluding carboxylic acids is 1. The lowest BCUT2D eigenvalue weighted by molar-refractivity contribution is -0.143. The van der Waals surface area contributed by atoms with Gasteiger partial charge in [-0.3, -0.25) is 4.79 Å². The monoisotopic (exact) mass is 292 g/mol. The molecule has 4 N–H and O–H groups in total. The number of hydrogen-bond acceptors (Lipinski definition) is 4. The van der Waals surface area contributed by atoms with E-state index < -0.39 is 23.5 Å². The summed E-state index contributed by atoms with van der Waals surface area (Å²) in [6.45, 7) is 0.834. The van der Waals surface area contributed by atoms with Gasteiger partial charge in [0.1, 0.15) is 6.04 Å². The summed E-state index contributed by atoms with van der Waals surface area (Å²) in [5.74, 6) is -1.49. The van der Waals surface area contributed by atoms with E-state index in [1.807, 2.05) is 30.3 Å². The standard InChI is InChI=1S/C15H20N2O4/c16-15(6-8-21-9-7-15)14(20)17-12(13(18)19)10-11-4-2-1-3-5-11/h1-5,12H,6-10,16H2,(H,17,20)(H,18,19)/t12-/m1/s1. The van der Waals surface area contributed by atoms with E-state index in [4.69, 9.17) is 10.5 Å². The SMILES string of the molecule is NC1(C(=O)N[C@H](Cc2ccccc2)C(=O)O)CCOCC1. The third-order valence-corrected chi connectivity index (χ3v) is 3.72. The summed E-state index contributed by atoms with van der Waals surface area (Å²) in [7, 11) is 0. The number of hydrogen-bond donors (Lipinski definition) is 3. The van der Waals surface area contributed by atoms with Crippen LogP contribution in [0.5, 0.6) is 0 Å². The van der Waals surface area contributed by atoms with E-state index >= 15 is 0 Å². The molecule has 1 heterocycles. The Bertz CT molecular complexity index is 498. The molecule has 0 aliphatic carbocycles. The summed E-state index contributed by atoms with van der Waals surface area (Å²) in [6.07, 6.45) is 1.03. The molecule has 21 heavy (non-hydrogen) atoms. The molecule has 2 rings (SSSR count). The topological polar surface area (TPSA) is 102 Å². The minimum Gasteiger partial charge on any atom is -0.480 e. The molecular weight excluding hydrogens is 272 g/mol. The normalized spacial score (nSPS) is 18.7. The van der Waals surface area contributed by atoms with E-state index in [2.05, 4.69) is 5.32 Å². The van der Waals surface area contributed by atoms with Crippen LogP contribution in [0.4, 0.5) is 0 Å². The second-order valence-corrected chi connectivity index (χ2v) is 5.32. The Labute approximate surface area is 123 Å². The molecule has 114 valence electrons. The zero-order valence-electron chi connectivity index (χ0n) is 11.7. The molecule has 1 atom stereocenters. The molecule has 6 heteroatoms. The van der Waals surface area contributed by atoms with Gasteiger partial charge in [-0.1, -0.05) is 30.3 Å². The molecule has 1 fully saturated rings. The molecule has 1 aromatic rings. The van der Waals surface area contributed by atoms with Crippen molar-refractivity contribution in [1.29, 1.82) is 0 Å². The van der Waals surface area contributed by atoms with E-state index in [0.717, 1.165) is 5.56 Å². The summed E-state index contributed by atoms with van der Waals surface area (Å²) in [5, 5.41) is 11.8. The summed E-state index contributed by atoms with van der Waals surface area (Å²) >= 11 is 0. The molecule has 0 radical (unpaired) electrons. The number of carboxylic acid groups (broad SMARTS) is 1. The van der Waals surface area contributed by atoms with E-state index in [1.165, 1.54) is 0 Å². The van der Waals surface area contributed by atoms with Gasteiger partial charge >= 0.3 is 5.97 Å². The van der Waals surface area contributed by atoms with Crippen LogP contribution in [-0.2, 0) is 20.7 Å². The minimum atomic E-state index is -1.07. The lowest BCUT2D eigenvalue weighted by atomic mass is 9.90. The van der Waals surface area contributed by atoms with Crippen LogP contribution in [0, 0.1) is 0 Å². The highest BCUT2D eigenvalue weighted by atomic mass is 16.5. The molecule has 1 saturated heterocycles. The third kappa shape index (κ3) is 4.03. The van der Waals surface area contributed by atoms with Crippen LogP contribution in [-0.4, -0.2) is 41.8 Å². The maximum Gasteiger partial charge on any atom is 0.326 e. The first-order valence-corrected chi connectivity index (χ1v) is 6.95. The first kappa shape index (κ1) is 15.5. The van der Waals surface area contributed by atoms with Crippen molar-refractivity contribution in [2.45, 2.75) is 30.8 Å². The second kappa shape index (κ2) is 6.69. The average molecular weight is 292 g/mol. The Balaban J connectivity index is 2.02. The van der Waals surface area contributed by atoms with Gasteiger partial charge in [0.05, 0.1) is 5.54 Å². The maximum atomic E-state index is 12.3. The molecule has 0 aromatic heterocycles. The Kier molecular flexibility index (Phi) is 4.93. The van der Waals surface area contributed by atoms with Crippen LogP contribution >= 0.6 is 0 Å². The Hall–Kier alpha value is -1.92. The highest BCUT2D eigenvalue weighted by molar-refractivity contribution is 5.90. The summed E-state index contributed by atoms with van der Waals surface area (Å²) in [4.78, 5) is 23.6. The molecule has 1 aliphatic rings. The molecule has 0 saturated carbocycles. The van der Waals surface area contributed by atoms with E-state index in [0.29, 0.717) is 26.1 Å². The number of ether oxygens (including phenoxy) is 1. The van der Waals surface area contributed by atoms with Crippen LogP contribution in [0.3, 0.4) is 0 Å². The van der Waals surface area contributed by atoms with Crippen LogP contribution < -0.4 is 11.1 Å². The Morgan fingerprint density at radius 3 is 2.48 bits per heavy atom. The lowest BCUT2D eigenvalue weighted by Crippen LogP contribution is -2.60. The van der Waals surface area contributed by atoms with Gasteiger partial charge in [-0.05, 0) is 18.4 Å². The van der Waals surface area contributed by atoms with Crippen LogP contribution in [0.2, 0.25) is 0 Å². The number of benzene rings is 1. The van der Waals surface area contributed by atoms with Gasteiger partial charge in [0, 0.05) is 19.6 Å². The van der Waals surface area contributed by atoms with E-state index in [1.54, 1.807) is 0 Å². The fraction of sp³-hybridized carbons (Fsp3) is 0.467. The number of rotatable bonds is 5. The fourth-order valence-corrected chi connectivity index (χ4v) is 2.31. The second-order valence-electron chi connectivity index (χ2n) is 5.32. The molecule has 1 aromatic carbocycles. The maximum absolute atomic E-state index is 12.3. The smallest absolute Gasteiger partial charge is 0.326 e. The summed E-state index contributed by atoms with van der Waals surface area (Å²) in [5.41, 5.74) is 5.87. The van der Waals surface area contributed by atoms with Crippen LogP contribution in [0.1, 0.15) is 18.4 Å². The van der Waals surface area contributed by atoms with Gasteiger partial charge in [0.25, 0.3) is 0 Å². The molecular formula is C15H20N2O4.